The summed E-state index contributed by atoms with van der Waals surface area (Å²) in [6.07, 6.45) is 1.53. The topological polar surface area (TPSA) is 71.5 Å². The molecule has 20 heavy (non-hydrogen) atoms. The number of carboxylic acid groups (broad SMARTS) is 1. The van der Waals surface area contributed by atoms with Gasteiger partial charge in [0.1, 0.15) is 17.1 Å². The fourth-order valence-corrected chi connectivity index (χ4v) is 2.84. The molecule has 0 unspecified atom stereocenters. The van der Waals surface area contributed by atoms with E-state index in [1.807, 2.05) is 6.07 Å². The van der Waals surface area contributed by atoms with E-state index in [2.05, 4.69) is 42.2 Å². The zero-order valence-electron chi connectivity index (χ0n) is 10.4. The second-order valence-corrected chi connectivity index (χ2v) is 5.50. The molecular weight excluding hydrogens is 392 g/mol. The lowest BCUT2D eigenvalue weighted by molar-refractivity contribution is 0.0697. The number of anilines is 2. The zero-order chi connectivity index (χ0) is 14.7. The Kier molecular flexibility index (Phi) is 4.61. The largest absolute Gasteiger partial charge is 0.495 e. The quantitative estimate of drug-likeness (QED) is 0.808. The van der Waals surface area contributed by atoms with Crippen molar-refractivity contribution < 1.29 is 14.6 Å². The van der Waals surface area contributed by atoms with Gasteiger partial charge in [-0.05, 0) is 50.1 Å². The number of carbonyl (C=O) groups is 1. The van der Waals surface area contributed by atoms with Gasteiger partial charge in [-0.3, -0.25) is 0 Å². The number of benzene rings is 1. The van der Waals surface area contributed by atoms with Gasteiger partial charge in [0, 0.05) is 16.7 Å². The number of aromatic nitrogens is 1. The van der Waals surface area contributed by atoms with Crippen LogP contribution in [0.5, 0.6) is 5.75 Å². The molecule has 0 radical (unpaired) electrons. The van der Waals surface area contributed by atoms with Crippen LogP contribution in [0.1, 0.15) is 10.4 Å². The second-order valence-electron chi connectivity index (χ2n) is 3.80. The summed E-state index contributed by atoms with van der Waals surface area (Å²) in [4.78, 5) is 15.2. The normalized spacial score (nSPS) is 10.2. The maximum absolute atomic E-state index is 11.2. The third kappa shape index (κ3) is 3.10. The summed E-state index contributed by atoms with van der Waals surface area (Å²) in [5, 5.41) is 12.1. The van der Waals surface area contributed by atoms with Gasteiger partial charge in [0.25, 0.3) is 0 Å². The second kappa shape index (κ2) is 6.23. The van der Waals surface area contributed by atoms with Gasteiger partial charge in [-0.2, -0.15) is 0 Å². The highest BCUT2D eigenvalue weighted by molar-refractivity contribution is 9.11. The Morgan fingerprint density at radius 3 is 2.75 bits per heavy atom. The number of pyridine rings is 1. The minimum atomic E-state index is -1.04. The highest BCUT2D eigenvalue weighted by Crippen LogP contribution is 2.36. The molecule has 2 rings (SSSR count). The molecule has 104 valence electrons. The molecule has 5 nitrogen and oxygen atoms in total. The van der Waals surface area contributed by atoms with Crippen LogP contribution in [0, 0.1) is 0 Å². The molecule has 2 aromatic rings. The Morgan fingerprint density at radius 1 is 1.35 bits per heavy atom. The Morgan fingerprint density at radius 2 is 2.10 bits per heavy atom. The fraction of sp³-hybridized carbons (Fsp3) is 0.0769. The smallest absolute Gasteiger partial charge is 0.339 e. The minimum Gasteiger partial charge on any atom is -0.495 e. The monoisotopic (exact) mass is 400 g/mol. The van der Waals surface area contributed by atoms with Crippen LogP contribution in [0.3, 0.4) is 0 Å². The van der Waals surface area contributed by atoms with Crippen molar-refractivity contribution in [2.45, 2.75) is 0 Å². The number of nitrogens with zero attached hydrogens (tertiary/aromatic N) is 1. The van der Waals surface area contributed by atoms with Crippen molar-refractivity contribution in [3.05, 3.63) is 45.0 Å². The number of ether oxygens (including phenoxy) is 1. The van der Waals surface area contributed by atoms with Gasteiger partial charge in [0.2, 0.25) is 0 Å². The lowest BCUT2D eigenvalue weighted by Gasteiger charge is -2.12. The third-order valence-electron chi connectivity index (χ3n) is 2.53. The van der Waals surface area contributed by atoms with E-state index in [0.29, 0.717) is 11.4 Å². The number of methoxy groups -OCH3 is 1. The Balaban J connectivity index is 2.42. The SMILES string of the molecule is COc1cc(Nc2ncccc2C(=O)O)c(Br)cc1Br. The molecule has 2 N–H and O–H groups in total. The Bertz CT molecular complexity index is 662. The van der Waals surface area contributed by atoms with Crippen molar-refractivity contribution >= 4 is 49.3 Å². The summed E-state index contributed by atoms with van der Waals surface area (Å²) in [5.41, 5.74) is 0.757. The summed E-state index contributed by atoms with van der Waals surface area (Å²) < 4.78 is 6.76. The maximum atomic E-state index is 11.2. The van der Waals surface area contributed by atoms with E-state index in [1.165, 1.54) is 12.3 Å². The van der Waals surface area contributed by atoms with Crippen LogP contribution in [-0.4, -0.2) is 23.2 Å². The number of rotatable bonds is 4. The third-order valence-corrected chi connectivity index (χ3v) is 3.81. The minimum absolute atomic E-state index is 0.0984. The van der Waals surface area contributed by atoms with Gasteiger partial charge in [-0.25, -0.2) is 9.78 Å². The first-order valence-corrected chi connectivity index (χ1v) is 7.10. The van der Waals surface area contributed by atoms with E-state index in [9.17, 15) is 4.79 Å². The number of hydrogen-bond acceptors (Lipinski definition) is 4. The molecule has 0 bridgehead atoms. The van der Waals surface area contributed by atoms with Gasteiger partial charge in [-0.15, -0.1) is 0 Å². The van der Waals surface area contributed by atoms with Crippen molar-refractivity contribution in [2.24, 2.45) is 0 Å². The van der Waals surface area contributed by atoms with Gasteiger partial charge < -0.3 is 15.2 Å². The number of carboxylic acids is 1. The predicted octanol–water partition coefficient (Wildman–Crippen LogP) is 4.06. The van der Waals surface area contributed by atoms with Crippen LogP contribution in [-0.2, 0) is 0 Å². The van der Waals surface area contributed by atoms with Crippen LogP contribution in [0.4, 0.5) is 11.5 Å². The molecular formula is C13H10Br2N2O3. The highest BCUT2D eigenvalue weighted by Gasteiger charge is 2.13. The van der Waals surface area contributed by atoms with E-state index < -0.39 is 5.97 Å². The maximum Gasteiger partial charge on any atom is 0.339 e. The molecule has 0 aliphatic rings. The Hall–Kier alpha value is -1.60. The first-order chi connectivity index (χ1) is 9.52. The van der Waals surface area contributed by atoms with Gasteiger partial charge in [0.15, 0.2) is 0 Å². The van der Waals surface area contributed by atoms with Crippen molar-refractivity contribution in [3.8, 4) is 5.75 Å². The van der Waals surface area contributed by atoms with Crippen molar-refractivity contribution in [1.82, 2.24) is 4.98 Å². The molecule has 0 saturated carbocycles. The highest BCUT2D eigenvalue weighted by atomic mass is 79.9. The van der Waals surface area contributed by atoms with Crippen molar-refractivity contribution in [1.29, 1.82) is 0 Å². The summed E-state index contributed by atoms with van der Waals surface area (Å²) in [6.45, 7) is 0. The van der Waals surface area contributed by atoms with E-state index in [1.54, 1.807) is 19.2 Å². The van der Waals surface area contributed by atoms with Gasteiger partial charge in [0.05, 0.1) is 17.3 Å². The van der Waals surface area contributed by atoms with Crippen LogP contribution in [0.25, 0.3) is 0 Å². The van der Waals surface area contributed by atoms with E-state index in [-0.39, 0.29) is 11.4 Å². The molecule has 0 aliphatic heterocycles. The number of nitrogens with one attached hydrogen (secondary N) is 1. The molecule has 0 amide bonds. The molecule has 0 fully saturated rings. The van der Waals surface area contributed by atoms with Gasteiger partial charge in [-0.1, -0.05) is 0 Å². The fourth-order valence-electron chi connectivity index (χ4n) is 1.59. The average Bonchev–Trinajstić information content (AvgIpc) is 2.42. The summed E-state index contributed by atoms with van der Waals surface area (Å²) >= 11 is 6.78. The van der Waals surface area contributed by atoms with Crippen molar-refractivity contribution in [2.75, 3.05) is 12.4 Å². The molecule has 0 spiro atoms. The zero-order valence-corrected chi connectivity index (χ0v) is 13.5. The molecule has 0 saturated heterocycles. The van der Waals surface area contributed by atoms with Crippen LogP contribution < -0.4 is 10.1 Å². The average molecular weight is 402 g/mol. The van der Waals surface area contributed by atoms with Crippen LogP contribution >= 0.6 is 31.9 Å². The molecule has 0 atom stereocenters. The first kappa shape index (κ1) is 14.8. The predicted molar refractivity (Wildman–Crippen MR) is 82.9 cm³/mol. The van der Waals surface area contributed by atoms with Gasteiger partial charge >= 0.3 is 5.97 Å². The number of halogens is 2. The van der Waals surface area contributed by atoms with E-state index in [4.69, 9.17) is 9.84 Å². The number of aromatic carboxylic acids is 1. The molecule has 7 heteroatoms. The molecule has 1 aromatic heterocycles. The standard InChI is InChI=1S/C13H10Br2N2O3/c1-20-11-6-10(8(14)5-9(11)15)17-12-7(13(18)19)3-2-4-16-12/h2-6H,1H3,(H,16,17)(H,18,19). The van der Waals surface area contributed by atoms with E-state index >= 15 is 0 Å². The summed E-state index contributed by atoms with van der Waals surface area (Å²) in [7, 11) is 1.56. The van der Waals surface area contributed by atoms with E-state index in [0.717, 1.165) is 8.95 Å². The van der Waals surface area contributed by atoms with Crippen LogP contribution in [0.15, 0.2) is 39.4 Å². The van der Waals surface area contributed by atoms with Crippen LogP contribution in [0.2, 0.25) is 0 Å². The first-order valence-electron chi connectivity index (χ1n) is 5.51. The molecule has 1 heterocycles. The molecule has 0 aliphatic carbocycles. The number of hydrogen-bond donors (Lipinski definition) is 2. The summed E-state index contributed by atoms with van der Waals surface area (Å²) in [6, 6.07) is 6.62. The lowest BCUT2D eigenvalue weighted by atomic mass is 10.2. The molecule has 1 aromatic carbocycles. The van der Waals surface area contributed by atoms with Crippen molar-refractivity contribution in [3.63, 3.8) is 0 Å². The Labute approximate surface area is 132 Å². The summed E-state index contributed by atoms with van der Waals surface area (Å²) in [5.74, 6) is -0.144. The lowest BCUT2D eigenvalue weighted by Crippen LogP contribution is -2.05.